The molecule has 126 valence electrons. The van der Waals surface area contributed by atoms with E-state index in [0.717, 1.165) is 32.5 Å². The lowest BCUT2D eigenvalue weighted by molar-refractivity contribution is -0.118. The second kappa shape index (κ2) is 6.22. The van der Waals surface area contributed by atoms with Crippen LogP contribution in [0.15, 0.2) is 42.5 Å². The number of anilines is 1. The van der Waals surface area contributed by atoms with Gasteiger partial charge in [0.25, 0.3) is 5.91 Å². The lowest BCUT2D eigenvalue weighted by Crippen LogP contribution is -2.25. The van der Waals surface area contributed by atoms with Crippen molar-refractivity contribution in [1.82, 2.24) is 4.98 Å². The third-order valence-corrected chi connectivity index (χ3v) is 5.04. The number of nitrogens with zero attached hydrogens (tertiary/aromatic N) is 1. The van der Waals surface area contributed by atoms with E-state index in [1.54, 1.807) is 18.4 Å². The van der Waals surface area contributed by atoms with Gasteiger partial charge >= 0.3 is 0 Å². The van der Waals surface area contributed by atoms with Crippen LogP contribution in [0.5, 0.6) is 11.5 Å². The average Bonchev–Trinajstić information content (AvgIpc) is 3.03. The molecule has 1 aliphatic rings. The highest BCUT2D eigenvalue weighted by molar-refractivity contribution is 7.15. The average molecular weight is 352 g/mol. The fourth-order valence-corrected chi connectivity index (χ4v) is 3.69. The van der Waals surface area contributed by atoms with E-state index in [2.05, 4.69) is 12.2 Å². The molecule has 1 aromatic heterocycles. The van der Waals surface area contributed by atoms with Crippen LogP contribution in [0.3, 0.4) is 0 Å². The van der Waals surface area contributed by atoms with Crippen LogP contribution in [-0.4, -0.2) is 24.6 Å². The number of nitrogens with one attached hydrogen (secondary N) is 1. The summed E-state index contributed by atoms with van der Waals surface area (Å²) < 4.78 is 10.6. The van der Waals surface area contributed by atoms with Crippen LogP contribution in [0.2, 0.25) is 0 Å². The summed E-state index contributed by atoms with van der Waals surface area (Å²) in [5.74, 6) is 1.37. The molecule has 1 aliphatic heterocycles. The number of aromatic nitrogens is 1. The molecule has 4 rings (SSSR count). The van der Waals surface area contributed by atoms with Gasteiger partial charge in [0.1, 0.15) is 16.5 Å². The molecule has 0 radical (unpaired) electrons. The number of ether oxygens (including phenoxy) is 2. The Labute approximate surface area is 149 Å². The van der Waals surface area contributed by atoms with Gasteiger partial charge in [0.15, 0.2) is 6.61 Å². The summed E-state index contributed by atoms with van der Waals surface area (Å²) in [7, 11) is 1.65. The molecule has 2 heterocycles. The lowest BCUT2D eigenvalue weighted by Gasteiger charge is -2.18. The van der Waals surface area contributed by atoms with Gasteiger partial charge in [-0.2, -0.15) is 0 Å². The van der Waals surface area contributed by atoms with Crippen molar-refractivity contribution in [3.63, 3.8) is 0 Å². The van der Waals surface area contributed by atoms with Gasteiger partial charge in [0, 0.05) is 16.0 Å². The summed E-state index contributed by atoms with van der Waals surface area (Å²) in [4.78, 5) is 17.4. The summed E-state index contributed by atoms with van der Waals surface area (Å²) in [6.07, 6.45) is 0. The van der Waals surface area contributed by atoms with Crippen LogP contribution >= 0.6 is 11.3 Å². The Bertz CT molecular complexity index is 948. The molecule has 3 aromatic rings. The van der Waals surface area contributed by atoms with Crippen molar-refractivity contribution in [1.29, 1.82) is 0 Å². The van der Waals surface area contributed by atoms with Crippen molar-refractivity contribution in [2.45, 2.75) is 6.92 Å². The summed E-state index contributed by atoms with van der Waals surface area (Å²) >= 11 is 1.64. The first-order valence-electron chi connectivity index (χ1n) is 7.83. The lowest BCUT2D eigenvalue weighted by atomic mass is 10.1. The highest BCUT2D eigenvalue weighted by Crippen LogP contribution is 2.37. The standard InChI is InChI=1S/C19H16N2O3S/c1-11-18(13-5-8-16-15(9-13)20-17(22)10-24-16)21-19(25-11)12-3-6-14(23-2)7-4-12/h3-9H,10H2,1-2H3,(H,20,22). The van der Waals surface area contributed by atoms with E-state index in [4.69, 9.17) is 14.5 Å². The van der Waals surface area contributed by atoms with Gasteiger partial charge in [-0.15, -0.1) is 11.3 Å². The van der Waals surface area contributed by atoms with Gasteiger partial charge in [-0.05, 0) is 49.4 Å². The number of hydrogen-bond donors (Lipinski definition) is 1. The van der Waals surface area contributed by atoms with E-state index in [1.165, 1.54) is 0 Å². The zero-order valence-corrected chi connectivity index (χ0v) is 14.6. The molecular weight excluding hydrogens is 336 g/mol. The molecule has 0 unspecified atom stereocenters. The number of carbonyl (C=O) groups excluding carboxylic acids is 1. The highest BCUT2D eigenvalue weighted by atomic mass is 32.1. The van der Waals surface area contributed by atoms with Gasteiger partial charge < -0.3 is 14.8 Å². The molecule has 0 atom stereocenters. The summed E-state index contributed by atoms with van der Waals surface area (Å²) in [6.45, 7) is 2.11. The van der Waals surface area contributed by atoms with Gasteiger partial charge in [-0.3, -0.25) is 4.79 Å². The summed E-state index contributed by atoms with van der Waals surface area (Å²) in [5, 5.41) is 3.79. The molecular formula is C19H16N2O3S. The second-order valence-electron chi connectivity index (χ2n) is 5.70. The van der Waals surface area contributed by atoms with Crippen LogP contribution in [0.1, 0.15) is 4.88 Å². The third kappa shape index (κ3) is 2.96. The number of hydrogen-bond acceptors (Lipinski definition) is 5. The van der Waals surface area contributed by atoms with Gasteiger partial charge in [0.2, 0.25) is 0 Å². The Kier molecular flexibility index (Phi) is 3.89. The number of amides is 1. The van der Waals surface area contributed by atoms with Crippen molar-refractivity contribution >= 4 is 22.9 Å². The van der Waals surface area contributed by atoms with Crippen LogP contribution in [-0.2, 0) is 4.79 Å². The number of fused-ring (bicyclic) bond motifs is 1. The van der Waals surface area contributed by atoms with Crippen molar-refractivity contribution in [2.24, 2.45) is 0 Å². The summed E-state index contributed by atoms with van der Waals surface area (Å²) in [6, 6.07) is 13.6. The quantitative estimate of drug-likeness (QED) is 0.770. The number of carbonyl (C=O) groups is 1. The topological polar surface area (TPSA) is 60.5 Å². The smallest absolute Gasteiger partial charge is 0.262 e. The van der Waals surface area contributed by atoms with E-state index in [-0.39, 0.29) is 12.5 Å². The highest BCUT2D eigenvalue weighted by Gasteiger charge is 2.18. The molecule has 6 heteroatoms. The third-order valence-electron chi connectivity index (χ3n) is 4.02. The maximum atomic E-state index is 11.5. The van der Waals surface area contributed by atoms with E-state index in [9.17, 15) is 4.79 Å². The molecule has 1 amide bonds. The molecule has 0 aliphatic carbocycles. The fraction of sp³-hybridized carbons (Fsp3) is 0.158. The molecule has 0 saturated heterocycles. The molecule has 2 aromatic carbocycles. The Balaban J connectivity index is 1.70. The molecule has 1 N–H and O–H groups in total. The van der Waals surface area contributed by atoms with Crippen molar-refractivity contribution in [3.05, 3.63) is 47.3 Å². The van der Waals surface area contributed by atoms with E-state index in [1.807, 2.05) is 42.5 Å². The molecule has 5 nitrogen and oxygen atoms in total. The van der Waals surface area contributed by atoms with Crippen LogP contribution in [0.4, 0.5) is 5.69 Å². The Morgan fingerprint density at radius 2 is 1.92 bits per heavy atom. The van der Waals surface area contributed by atoms with Crippen LogP contribution < -0.4 is 14.8 Å². The number of thiazole rings is 1. The Morgan fingerprint density at radius 3 is 2.68 bits per heavy atom. The van der Waals surface area contributed by atoms with Crippen molar-refractivity contribution in [2.75, 3.05) is 19.0 Å². The second-order valence-corrected chi connectivity index (χ2v) is 6.90. The predicted molar refractivity (Wildman–Crippen MR) is 98.4 cm³/mol. The zero-order valence-electron chi connectivity index (χ0n) is 13.8. The molecule has 0 fully saturated rings. The first-order chi connectivity index (χ1) is 12.1. The monoisotopic (exact) mass is 352 g/mol. The number of benzene rings is 2. The normalized spacial score (nSPS) is 13.0. The minimum atomic E-state index is -0.140. The van der Waals surface area contributed by atoms with Gasteiger partial charge in [0.05, 0.1) is 18.5 Å². The molecule has 25 heavy (non-hydrogen) atoms. The van der Waals surface area contributed by atoms with E-state index >= 15 is 0 Å². The van der Waals surface area contributed by atoms with E-state index in [0.29, 0.717) is 11.4 Å². The SMILES string of the molecule is COc1ccc(-c2nc(-c3ccc4c(c3)NC(=O)CO4)c(C)s2)cc1. The minimum absolute atomic E-state index is 0.0592. The zero-order chi connectivity index (χ0) is 17.4. The first kappa shape index (κ1) is 15.7. The fourth-order valence-electron chi connectivity index (χ4n) is 2.75. The molecule has 0 bridgehead atoms. The maximum Gasteiger partial charge on any atom is 0.262 e. The first-order valence-corrected chi connectivity index (χ1v) is 8.64. The van der Waals surface area contributed by atoms with Gasteiger partial charge in [-0.25, -0.2) is 4.98 Å². The number of methoxy groups -OCH3 is 1. The van der Waals surface area contributed by atoms with Crippen molar-refractivity contribution < 1.29 is 14.3 Å². The molecule has 0 saturated carbocycles. The Hall–Kier alpha value is -2.86. The van der Waals surface area contributed by atoms with Crippen molar-refractivity contribution in [3.8, 4) is 33.3 Å². The Morgan fingerprint density at radius 1 is 1.16 bits per heavy atom. The molecule has 0 spiro atoms. The number of rotatable bonds is 3. The number of aryl methyl sites for hydroxylation is 1. The largest absolute Gasteiger partial charge is 0.497 e. The maximum absolute atomic E-state index is 11.5. The summed E-state index contributed by atoms with van der Waals surface area (Å²) in [5.41, 5.74) is 3.61. The minimum Gasteiger partial charge on any atom is -0.497 e. The van der Waals surface area contributed by atoms with E-state index < -0.39 is 0 Å². The van der Waals surface area contributed by atoms with Crippen LogP contribution in [0.25, 0.3) is 21.8 Å². The van der Waals surface area contributed by atoms with Gasteiger partial charge in [-0.1, -0.05) is 0 Å². The predicted octanol–water partition coefficient (Wildman–Crippen LogP) is 4.13. The van der Waals surface area contributed by atoms with Crippen LogP contribution in [0, 0.1) is 6.92 Å².